The van der Waals surface area contributed by atoms with Gasteiger partial charge in [-0.25, -0.2) is 14.2 Å². The fourth-order valence-corrected chi connectivity index (χ4v) is 1.74. The summed E-state index contributed by atoms with van der Waals surface area (Å²) >= 11 is 0. The van der Waals surface area contributed by atoms with Crippen LogP contribution in [0.5, 0.6) is 0 Å². The molecule has 0 aromatic carbocycles. The molecular formula is C10H19N3O8P+. The van der Waals surface area contributed by atoms with Gasteiger partial charge in [0.2, 0.25) is 0 Å². The van der Waals surface area contributed by atoms with Crippen molar-refractivity contribution in [3.63, 3.8) is 0 Å². The van der Waals surface area contributed by atoms with E-state index in [1.807, 2.05) is 21.1 Å². The van der Waals surface area contributed by atoms with Crippen molar-refractivity contribution in [1.29, 1.82) is 0 Å². The highest BCUT2D eigenvalue weighted by molar-refractivity contribution is 7.47. The predicted molar refractivity (Wildman–Crippen MR) is 71.7 cm³/mol. The molecule has 0 fully saturated rings. The Kier molecular flexibility index (Phi) is 9.48. The van der Waals surface area contributed by atoms with E-state index >= 15 is 0 Å². The molecule has 0 amide bonds. The second-order valence-electron chi connectivity index (χ2n) is 5.00. The molecule has 2 atom stereocenters. The Bertz CT molecular complexity index is 467. The molecule has 1 N–H and O–H groups in total. The van der Waals surface area contributed by atoms with Crippen molar-refractivity contribution in [3.8, 4) is 0 Å². The molecule has 0 aliphatic carbocycles. The first-order valence-electron chi connectivity index (χ1n) is 6.04. The molecule has 0 aromatic heterocycles. The van der Waals surface area contributed by atoms with Crippen molar-refractivity contribution in [2.75, 3.05) is 47.5 Å². The molecule has 1 unspecified atom stereocenters. The van der Waals surface area contributed by atoms with E-state index in [1.165, 1.54) is 0 Å². The highest BCUT2D eigenvalue weighted by atomic mass is 31.2. The van der Waals surface area contributed by atoms with E-state index in [4.69, 9.17) is 4.52 Å². The van der Waals surface area contributed by atoms with Gasteiger partial charge in [0, 0.05) is 10.3 Å². The third-order valence-corrected chi connectivity index (χ3v) is 3.03. The zero-order valence-corrected chi connectivity index (χ0v) is 13.4. The van der Waals surface area contributed by atoms with E-state index in [1.54, 1.807) is 0 Å². The van der Waals surface area contributed by atoms with Crippen molar-refractivity contribution in [3.05, 3.63) is 0 Å². The summed E-state index contributed by atoms with van der Waals surface area (Å²) in [5.41, 5.74) is 0. The lowest BCUT2D eigenvalue weighted by Crippen LogP contribution is -2.37. The summed E-state index contributed by atoms with van der Waals surface area (Å²) < 4.78 is 21.6. The van der Waals surface area contributed by atoms with Crippen LogP contribution in [0.25, 0.3) is 0 Å². The molecule has 0 radical (unpaired) electrons. The number of isocyanates is 2. The van der Waals surface area contributed by atoms with Crippen LogP contribution in [-0.4, -0.2) is 75.1 Å². The Labute approximate surface area is 127 Å². The predicted octanol–water partition coefficient (Wildman–Crippen LogP) is -0.270. The second kappa shape index (κ2) is 10.2. The molecule has 22 heavy (non-hydrogen) atoms. The molecule has 0 saturated heterocycles. The van der Waals surface area contributed by atoms with Gasteiger partial charge in [-0.15, -0.1) is 0 Å². The highest BCUT2D eigenvalue weighted by Gasteiger charge is 2.25. The van der Waals surface area contributed by atoms with E-state index in [-0.39, 0.29) is 13.2 Å². The molecule has 0 spiro atoms. The van der Waals surface area contributed by atoms with E-state index in [9.17, 15) is 19.0 Å². The van der Waals surface area contributed by atoms with Crippen molar-refractivity contribution in [1.82, 2.24) is 0 Å². The molecule has 0 heterocycles. The third-order valence-electron chi connectivity index (χ3n) is 2.04. The van der Waals surface area contributed by atoms with Crippen molar-refractivity contribution < 1.29 is 42.3 Å². The van der Waals surface area contributed by atoms with Crippen LogP contribution >= 0.6 is 7.82 Å². The monoisotopic (exact) mass is 340 g/mol. The number of hydrogen-bond acceptors (Lipinski definition) is 9. The Morgan fingerprint density at radius 1 is 1.14 bits per heavy atom. The molecule has 11 nitrogen and oxygen atoms in total. The summed E-state index contributed by atoms with van der Waals surface area (Å²) in [6.45, 7) is -0.362. The Morgan fingerprint density at radius 3 is 2.32 bits per heavy atom. The summed E-state index contributed by atoms with van der Waals surface area (Å²) in [6.07, 6.45) is 1.15. The van der Waals surface area contributed by atoms with Crippen LogP contribution in [0.4, 0.5) is 0 Å². The van der Waals surface area contributed by atoms with Gasteiger partial charge in [0.25, 0.3) is 12.2 Å². The van der Waals surface area contributed by atoms with Gasteiger partial charge < -0.3 is 19.1 Å². The maximum absolute atomic E-state index is 11.6. The van der Waals surface area contributed by atoms with Gasteiger partial charge in [-0.2, -0.15) is 0 Å². The SMILES string of the molecule is C[N+](C)(C)CCOP(=O)(O)OC[C@@H](CON=C=O)ON=C=O. The maximum atomic E-state index is 11.6. The zero-order valence-electron chi connectivity index (χ0n) is 12.5. The number of hydrogen-bond donors (Lipinski definition) is 1. The average Bonchev–Trinajstić information content (AvgIpc) is 2.39. The van der Waals surface area contributed by atoms with Crippen LogP contribution in [-0.2, 0) is 32.9 Å². The fourth-order valence-electron chi connectivity index (χ4n) is 0.996. The van der Waals surface area contributed by atoms with Gasteiger partial charge in [-0.3, -0.25) is 9.05 Å². The molecular weight excluding hydrogens is 321 g/mol. The summed E-state index contributed by atoms with van der Waals surface area (Å²) in [5, 5.41) is 5.62. The van der Waals surface area contributed by atoms with Gasteiger partial charge in [-0.05, 0) is 0 Å². The van der Waals surface area contributed by atoms with Crippen LogP contribution < -0.4 is 0 Å². The van der Waals surface area contributed by atoms with Gasteiger partial charge in [0.05, 0.1) is 21.1 Å². The van der Waals surface area contributed by atoms with Gasteiger partial charge >= 0.3 is 7.82 Å². The number of phosphoric acid groups is 1. The number of carbonyl (C=O) groups excluding carboxylic acids is 2. The molecule has 0 saturated carbocycles. The molecule has 0 aliphatic heterocycles. The molecule has 12 heteroatoms. The molecule has 0 aliphatic rings. The number of nitrogens with zero attached hydrogens (tertiary/aromatic N) is 3. The highest BCUT2D eigenvalue weighted by Crippen LogP contribution is 2.43. The van der Waals surface area contributed by atoms with E-state index in [2.05, 4.69) is 24.5 Å². The average molecular weight is 340 g/mol. The van der Waals surface area contributed by atoms with Crippen LogP contribution in [0.1, 0.15) is 0 Å². The lowest BCUT2D eigenvalue weighted by Gasteiger charge is -2.24. The number of likely N-dealkylation sites (N-methyl/N-ethyl adjacent to an activating group) is 1. The number of phosphoric ester groups is 1. The Balaban J connectivity index is 4.31. The first kappa shape index (κ1) is 20.4. The fraction of sp³-hybridized carbons (Fsp3) is 0.800. The van der Waals surface area contributed by atoms with Crippen molar-refractivity contribution in [2.45, 2.75) is 6.10 Å². The van der Waals surface area contributed by atoms with Gasteiger partial charge in [-0.1, -0.05) is 0 Å². The lowest BCUT2D eigenvalue weighted by atomic mass is 10.4. The zero-order chi connectivity index (χ0) is 17.1. The topological polar surface area (TPSA) is 133 Å². The Morgan fingerprint density at radius 2 is 1.77 bits per heavy atom. The van der Waals surface area contributed by atoms with E-state index in [0.717, 1.165) is 12.2 Å². The smallest absolute Gasteiger partial charge is 0.382 e. The largest absolute Gasteiger partial charge is 0.472 e. The minimum Gasteiger partial charge on any atom is -0.382 e. The molecule has 0 rings (SSSR count). The summed E-state index contributed by atoms with van der Waals surface area (Å²) in [6, 6.07) is 0. The van der Waals surface area contributed by atoms with Crippen molar-refractivity contribution in [2.24, 2.45) is 10.3 Å². The minimum absolute atomic E-state index is 0.00122. The number of rotatable bonds is 12. The van der Waals surface area contributed by atoms with Gasteiger partial charge in [0.15, 0.2) is 12.7 Å². The summed E-state index contributed by atoms with van der Waals surface area (Å²) in [7, 11) is 1.37. The molecule has 0 bridgehead atoms. The first-order chi connectivity index (χ1) is 10.2. The van der Waals surface area contributed by atoms with E-state index in [0.29, 0.717) is 11.0 Å². The normalized spacial score (nSPS) is 14.9. The minimum atomic E-state index is -4.30. The summed E-state index contributed by atoms with van der Waals surface area (Å²) in [5.74, 6) is 0. The standard InChI is InChI=1S/C10H18N3O8P/c1-13(2,3)4-5-19-22(16,17)20-7-10(21-12-9-15)6-18-11-8-14/h10H,4-7H2,1-3H3/p+1/t10-/m1/s1. The molecule has 126 valence electrons. The molecule has 0 aromatic rings. The second-order valence-corrected chi connectivity index (χ2v) is 6.45. The maximum Gasteiger partial charge on any atom is 0.472 e. The first-order valence-corrected chi connectivity index (χ1v) is 7.54. The van der Waals surface area contributed by atoms with Crippen LogP contribution in [0.2, 0.25) is 0 Å². The third kappa shape index (κ3) is 12.2. The van der Waals surface area contributed by atoms with Gasteiger partial charge in [0.1, 0.15) is 19.8 Å². The van der Waals surface area contributed by atoms with Crippen LogP contribution in [0.3, 0.4) is 0 Å². The Hall–Kier alpha value is -1.57. The number of quaternary nitrogens is 1. The van der Waals surface area contributed by atoms with Crippen LogP contribution in [0, 0.1) is 0 Å². The lowest BCUT2D eigenvalue weighted by molar-refractivity contribution is -0.870. The summed E-state index contributed by atoms with van der Waals surface area (Å²) in [4.78, 5) is 38.3. The van der Waals surface area contributed by atoms with E-state index < -0.39 is 20.5 Å². The van der Waals surface area contributed by atoms with Crippen molar-refractivity contribution >= 4 is 20.0 Å². The van der Waals surface area contributed by atoms with Crippen LogP contribution in [0.15, 0.2) is 10.3 Å². The quantitative estimate of drug-likeness (QED) is 0.169.